The summed E-state index contributed by atoms with van der Waals surface area (Å²) >= 11 is 0. The summed E-state index contributed by atoms with van der Waals surface area (Å²) in [6, 6.07) is 36.9. The number of aromatic hydroxyl groups is 2. The lowest BCUT2D eigenvalue weighted by Gasteiger charge is -2.19. The predicted molar refractivity (Wildman–Crippen MR) is 217 cm³/mol. The van der Waals surface area contributed by atoms with Crippen LogP contribution in [0.3, 0.4) is 0 Å². The van der Waals surface area contributed by atoms with Gasteiger partial charge in [-0.3, -0.25) is 0 Å². The van der Waals surface area contributed by atoms with Gasteiger partial charge in [-0.15, -0.1) is 0 Å². The Labute approximate surface area is 325 Å². The molecule has 0 heterocycles. The maximum atomic E-state index is 12.6. The first-order chi connectivity index (χ1) is 27.0. The van der Waals surface area contributed by atoms with Crippen molar-refractivity contribution in [2.24, 2.45) is 0 Å². The molecule has 0 amide bonds. The highest BCUT2D eigenvalue weighted by atomic mass is 16.5. The minimum Gasteiger partial charge on any atom is -0.508 e. The maximum Gasteiger partial charge on any atom is 0.336 e. The van der Waals surface area contributed by atoms with Gasteiger partial charge < -0.3 is 40.5 Å². The molecule has 6 aromatic carbocycles. The zero-order valence-corrected chi connectivity index (χ0v) is 31.3. The normalized spacial score (nSPS) is 13.7. The van der Waals surface area contributed by atoms with Crippen molar-refractivity contribution >= 4 is 33.5 Å². The Kier molecular flexibility index (Phi) is 13.1. The number of hydrogen-bond donors (Lipinski definition) is 6. The van der Waals surface area contributed by atoms with Crippen molar-refractivity contribution in [3.05, 3.63) is 156 Å². The molecule has 0 bridgehead atoms. The fourth-order valence-electron chi connectivity index (χ4n) is 6.76. The molecule has 6 rings (SSSR count). The van der Waals surface area contributed by atoms with Crippen molar-refractivity contribution < 1.29 is 39.5 Å². The lowest BCUT2D eigenvalue weighted by molar-refractivity contribution is -0.131. The molecular formula is C46H46N2O8. The van der Waals surface area contributed by atoms with E-state index in [1.165, 1.54) is 58.3 Å². The number of aliphatic hydroxyl groups excluding tert-OH is 2. The Morgan fingerprint density at radius 3 is 1.39 bits per heavy atom. The van der Waals surface area contributed by atoms with Crippen LogP contribution in [0.25, 0.3) is 21.5 Å². The fourth-order valence-corrected chi connectivity index (χ4v) is 6.76. The van der Waals surface area contributed by atoms with Gasteiger partial charge in [0.25, 0.3) is 0 Å². The van der Waals surface area contributed by atoms with E-state index in [1.807, 2.05) is 50.2 Å². The second kappa shape index (κ2) is 18.5. The average Bonchev–Trinajstić information content (AvgIpc) is 3.18. The van der Waals surface area contributed by atoms with Crippen LogP contribution in [-0.2, 0) is 22.4 Å². The first kappa shape index (κ1) is 39.6. The van der Waals surface area contributed by atoms with Crippen molar-refractivity contribution in [1.82, 2.24) is 10.6 Å². The fraction of sp³-hybridized carbons (Fsp3) is 0.217. The Hall–Kier alpha value is -6.04. The summed E-state index contributed by atoms with van der Waals surface area (Å²) < 4.78 is 10.6. The minimum atomic E-state index is -1.01. The SMILES string of the molecule is C[C@H](Cc1cccc2ccccc12)NC[C@H](O)c1cc(O)cc(OC(=O)/C=C/C(=O)Oc2cc(O)cc([C@@H](O)CN[C@H](C)Cc3cccc4ccccc34)c2)c1. The van der Waals surface area contributed by atoms with Crippen LogP contribution in [0.15, 0.2) is 133 Å². The molecule has 0 spiro atoms. The van der Waals surface area contributed by atoms with E-state index < -0.39 is 24.1 Å². The summed E-state index contributed by atoms with van der Waals surface area (Å²) in [6.45, 7) is 4.42. The second-order valence-corrected chi connectivity index (χ2v) is 14.0. The molecule has 0 aliphatic heterocycles. The molecule has 0 fully saturated rings. The topological polar surface area (TPSA) is 158 Å². The van der Waals surface area contributed by atoms with E-state index in [2.05, 4.69) is 59.2 Å². The highest BCUT2D eigenvalue weighted by molar-refractivity contribution is 5.93. The van der Waals surface area contributed by atoms with E-state index in [-0.39, 0.29) is 48.2 Å². The highest BCUT2D eigenvalue weighted by Gasteiger charge is 2.17. The van der Waals surface area contributed by atoms with Crippen LogP contribution >= 0.6 is 0 Å². The van der Waals surface area contributed by atoms with E-state index in [0.29, 0.717) is 11.1 Å². The number of esters is 2. The molecule has 0 unspecified atom stereocenters. The molecular weight excluding hydrogens is 709 g/mol. The number of carbonyl (C=O) groups excluding carboxylic acids is 2. The molecule has 0 aliphatic carbocycles. The summed E-state index contributed by atoms with van der Waals surface area (Å²) in [6.07, 6.45) is 1.17. The molecule has 56 heavy (non-hydrogen) atoms. The number of aliphatic hydroxyl groups is 2. The van der Waals surface area contributed by atoms with Gasteiger partial charge in [-0.25, -0.2) is 9.59 Å². The van der Waals surface area contributed by atoms with Gasteiger partial charge in [0.1, 0.15) is 23.0 Å². The number of rotatable bonds is 16. The first-order valence-electron chi connectivity index (χ1n) is 18.6. The van der Waals surface area contributed by atoms with Gasteiger partial charge in [0.15, 0.2) is 0 Å². The second-order valence-electron chi connectivity index (χ2n) is 14.0. The number of benzene rings is 6. The standard InChI is InChI=1S/C46H46N2O8/c1-29(19-33-13-7-11-31-9-3-5-15-41(31)33)47-27-43(51)35-21-37(49)25-39(23-35)55-45(53)17-18-46(54)56-40-24-36(22-38(50)26-40)44(52)28-48-30(2)20-34-14-8-12-32-10-4-6-16-42(32)34/h3-18,21-26,29-30,43-44,47-52H,19-20,27-28H2,1-2H3/b18-17+/t29-,30-,43+,44+/m1/s1. The molecule has 0 aliphatic rings. The Morgan fingerprint density at radius 1 is 0.571 bits per heavy atom. The summed E-state index contributed by atoms with van der Waals surface area (Å²) in [5.41, 5.74) is 3.04. The minimum absolute atomic E-state index is 0.0301. The summed E-state index contributed by atoms with van der Waals surface area (Å²) in [5, 5.41) is 53.7. The first-order valence-corrected chi connectivity index (χ1v) is 18.6. The van der Waals surface area contributed by atoms with Crippen LogP contribution in [0, 0.1) is 0 Å². The quantitative estimate of drug-likeness (QED) is 0.0346. The number of nitrogens with one attached hydrogen (secondary N) is 2. The number of phenolic OH excluding ortho intramolecular Hbond substituents is 2. The molecule has 6 aromatic rings. The Morgan fingerprint density at radius 2 is 0.964 bits per heavy atom. The van der Waals surface area contributed by atoms with Crippen LogP contribution in [0.1, 0.15) is 48.3 Å². The van der Waals surface area contributed by atoms with Crippen molar-refractivity contribution in [2.75, 3.05) is 13.1 Å². The third-order valence-electron chi connectivity index (χ3n) is 9.52. The lowest BCUT2D eigenvalue weighted by atomic mass is 9.99. The van der Waals surface area contributed by atoms with Gasteiger partial charge in [0.05, 0.1) is 12.2 Å². The van der Waals surface area contributed by atoms with Crippen LogP contribution in [-0.4, -0.2) is 57.5 Å². The molecule has 10 heteroatoms. The molecule has 0 saturated heterocycles. The highest BCUT2D eigenvalue weighted by Crippen LogP contribution is 2.28. The van der Waals surface area contributed by atoms with Crippen molar-refractivity contribution in [3.8, 4) is 23.0 Å². The smallest absolute Gasteiger partial charge is 0.336 e. The Balaban J connectivity index is 0.980. The predicted octanol–water partition coefficient (Wildman–Crippen LogP) is 6.98. The monoisotopic (exact) mass is 754 g/mol. The van der Waals surface area contributed by atoms with Gasteiger partial charge in [0.2, 0.25) is 0 Å². The van der Waals surface area contributed by atoms with E-state index in [9.17, 15) is 30.0 Å². The molecule has 0 saturated carbocycles. The molecule has 4 atom stereocenters. The third kappa shape index (κ3) is 10.8. The van der Waals surface area contributed by atoms with Crippen LogP contribution in [0.5, 0.6) is 23.0 Å². The van der Waals surface area contributed by atoms with Gasteiger partial charge in [-0.1, -0.05) is 84.9 Å². The number of ether oxygens (including phenoxy) is 2. The van der Waals surface area contributed by atoms with Crippen LogP contribution < -0.4 is 20.1 Å². The van der Waals surface area contributed by atoms with Crippen LogP contribution in [0.2, 0.25) is 0 Å². The number of fused-ring (bicyclic) bond motifs is 2. The van der Waals surface area contributed by atoms with Gasteiger partial charge in [-0.05, 0) is 94.8 Å². The third-order valence-corrected chi connectivity index (χ3v) is 9.52. The molecule has 0 aromatic heterocycles. The van der Waals surface area contributed by atoms with E-state index in [4.69, 9.17) is 9.47 Å². The van der Waals surface area contributed by atoms with E-state index >= 15 is 0 Å². The van der Waals surface area contributed by atoms with E-state index in [1.54, 1.807) is 0 Å². The van der Waals surface area contributed by atoms with Crippen LogP contribution in [0.4, 0.5) is 0 Å². The summed E-state index contributed by atoms with van der Waals surface area (Å²) in [5.74, 6) is -2.34. The number of hydrogen-bond acceptors (Lipinski definition) is 10. The van der Waals surface area contributed by atoms with Crippen molar-refractivity contribution in [1.29, 1.82) is 0 Å². The van der Waals surface area contributed by atoms with E-state index in [0.717, 1.165) is 35.8 Å². The van der Waals surface area contributed by atoms with Gasteiger partial charge in [0, 0.05) is 49.5 Å². The lowest BCUT2D eigenvalue weighted by Crippen LogP contribution is -2.32. The zero-order valence-electron chi connectivity index (χ0n) is 31.3. The Bertz CT molecular complexity index is 2170. The number of carbonyl (C=O) groups is 2. The molecule has 6 N–H and O–H groups in total. The zero-order chi connectivity index (χ0) is 39.6. The number of phenols is 2. The summed E-state index contributed by atoms with van der Waals surface area (Å²) in [7, 11) is 0. The molecule has 10 nitrogen and oxygen atoms in total. The summed E-state index contributed by atoms with van der Waals surface area (Å²) in [4.78, 5) is 25.2. The molecule has 288 valence electrons. The maximum absolute atomic E-state index is 12.6. The van der Waals surface area contributed by atoms with Gasteiger partial charge >= 0.3 is 11.9 Å². The van der Waals surface area contributed by atoms with Gasteiger partial charge in [-0.2, -0.15) is 0 Å². The molecule has 0 radical (unpaired) electrons. The largest absolute Gasteiger partial charge is 0.508 e. The van der Waals surface area contributed by atoms with Crippen molar-refractivity contribution in [2.45, 2.75) is 51.0 Å². The van der Waals surface area contributed by atoms with Crippen molar-refractivity contribution in [3.63, 3.8) is 0 Å². The average molecular weight is 755 g/mol.